The molecule has 10 heteroatoms. The van der Waals surface area contributed by atoms with Gasteiger partial charge in [-0.15, -0.1) is 11.3 Å². The van der Waals surface area contributed by atoms with Crippen LogP contribution in [0.15, 0.2) is 29.6 Å². The monoisotopic (exact) mass is 487 g/mol. The number of halogens is 1. The van der Waals surface area contributed by atoms with Crippen molar-refractivity contribution in [3.8, 4) is 10.6 Å². The van der Waals surface area contributed by atoms with E-state index in [1.165, 1.54) is 28.7 Å². The normalized spacial score (nSPS) is 13.4. The number of carbonyl (C=O) groups is 2. The number of aromatic nitrogens is 2. The molecule has 0 saturated heterocycles. The van der Waals surface area contributed by atoms with Crippen molar-refractivity contribution >= 4 is 44.8 Å². The summed E-state index contributed by atoms with van der Waals surface area (Å²) in [6, 6.07) is 6.33. The van der Waals surface area contributed by atoms with Crippen molar-refractivity contribution in [2.75, 3.05) is 37.4 Å². The predicted octanol–water partition coefficient (Wildman–Crippen LogP) is 4.20. The van der Waals surface area contributed by atoms with Gasteiger partial charge in [0, 0.05) is 24.4 Å². The average Bonchev–Trinajstić information content (AvgIpc) is 3.41. The van der Waals surface area contributed by atoms with Gasteiger partial charge in [-0.1, -0.05) is 29.5 Å². The van der Waals surface area contributed by atoms with E-state index in [1.54, 1.807) is 23.1 Å². The first-order valence-corrected chi connectivity index (χ1v) is 12.4. The highest BCUT2D eigenvalue weighted by molar-refractivity contribution is 7.20. The standard InChI is InChI=1S/C23H26FN5O2S2/c1-14-20(33-22(25-14)27-21(31)15-8-9-15)18-13-32-23(26-18)29(11-10-28(2)3)19(30)12-16-6-4-5-7-17(16)24/h4-7,13,15H,8-12H2,1-3H3,(H,25,27,31). The third-order valence-corrected chi connectivity index (χ3v) is 7.26. The lowest BCUT2D eigenvalue weighted by Crippen LogP contribution is -2.37. The number of hydrogen-bond acceptors (Lipinski definition) is 7. The van der Waals surface area contributed by atoms with Gasteiger partial charge in [0.15, 0.2) is 10.3 Å². The second-order valence-corrected chi connectivity index (χ2v) is 10.2. The molecule has 1 aliphatic carbocycles. The van der Waals surface area contributed by atoms with Crippen LogP contribution in [-0.2, 0) is 16.0 Å². The second kappa shape index (κ2) is 10.1. The Balaban J connectivity index is 1.54. The van der Waals surface area contributed by atoms with Crippen LogP contribution in [0.3, 0.4) is 0 Å². The molecule has 0 atom stereocenters. The number of aryl methyl sites for hydroxylation is 1. The van der Waals surface area contributed by atoms with Crippen LogP contribution >= 0.6 is 22.7 Å². The number of anilines is 2. The first-order valence-electron chi connectivity index (χ1n) is 10.7. The van der Waals surface area contributed by atoms with Gasteiger partial charge in [-0.05, 0) is 45.5 Å². The molecule has 33 heavy (non-hydrogen) atoms. The van der Waals surface area contributed by atoms with Crippen molar-refractivity contribution in [3.05, 3.63) is 46.7 Å². The first kappa shape index (κ1) is 23.5. The third kappa shape index (κ3) is 5.82. The van der Waals surface area contributed by atoms with E-state index in [1.807, 2.05) is 31.3 Å². The van der Waals surface area contributed by atoms with Gasteiger partial charge >= 0.3 is 0 Å². The van der Waals surface area contributed by atoms with Crippen molar-refractivity contribution in [1.82, 2.24) is 14.9 Å². The summed E-state index contributed by atoms with van der Waals surface area (Å²) in [6.07, 6.45) is 1.83. The quantitative estimate of drug-likeness (QED) is 0.489. The highest BCUT2D eigenvalue weighted by Crippen LogP contribution is 2.37. The fourth-order valence-electron chi connectivity index (χ4n) is 3.26. The molecule has 0 radical (unpaired) electrons. The molecule has 4 rings (SSSR count). The fraction of sp³-hybridized carbons (Fsp3) is 0.391. The zero-order valence-electron chi connectivity index (χ0n) is 18.8. The highest BCUT2D eigenvalue weighted by Gasteiger charge is 2.30. The van der Waals surface area contributed by atoms with Crippen molar-refractivity contribution in [1.29, 1.82) is 0 Å². The largest absolute Gasteiger partial charge is 0.308 e. The van der Waals surface area contributed by atoms with Crippen molar-refractivity contribution < 1.29 is 14.0 Å². The topological polar surface area (TPSA) is 78.4 Å². The molecule has 3 aromatic rings. The molecule has 1 fully saturated rings. The Morgan fingerprint density at radius 3 is 2.64 bits per heavy atom. The minimum Gasteiger partial charge on any atom is -0.308 e. The predicted molar refractivity (Wildman–Crippen MR) is 130 cm³/mol. The molecule has 1 aliphatic rings. The highest BCUT2D eigenvalue weighted by atomic mass is 32.1. The van der Waals surface area contributed by atoms with Gasteiger partial charge in [-0.2, -0.15) is 0 Å². The second-order valence-electron chi connectivity index (χ2n) is 8.33. The minimum atomic E-state index is -0.390. The Kier molecular flexibility index (Phi) is 7.16. The number of carbonyl (C=O) groups excluding carboxylic acids is 2. The SMILES string of the molecule is Cc1nc(NC(=O)C2CC2)sc1-c1csc(N(CCN(C)C)C(=O)Cc2ccccc2F)n1. The summed E-state index contributed by atoms with van der Waals surface area (Å²) in [6.45, 7) is 2.97. The maximum Gasteiger partial charge on any atom is 0.233 e. The van der Waals surface area contributed by atoms with Gasteiger partial charge < -0.3 is 10.2 Å². The van der Waals surface area contributed by atoms with Gasteiger partial charge in [-0.25, -0.2) is 14.4 Å². The smallest absolute Gasteiger partial charge is 0.233 e. The summed E-state index contributed by atoms with van der Waals surface area (Å²) in [4.78, 5) is 38.9. The molecule has 174 valence electrons. The van der Waals surface area contributed by atoms with E-state index >= 15 is 0 Å². The van der Waals surface area contributed by atoms with Gasteiger partial charge in [-0.3, -0.25) is 14.5 Å². The molecule has 0 unspecified atom stereocenters. The van der Waals surface area contributed by atoms with Gasteiger partial charge in [0.1, 0.15) is 5.82 Å². The van der Waals surface area contributed by atoms with E-state index in [-0.39, 0.29) is 30.0 Å². The van der Waals surface area contributed by atoms with E-state index in [9.17, 15) is 14.0 Å². The maximum absolute atomic E-state index is 14.1. The van der Waals surface area contributed by atoms with Gasteiger partial charge in [0.2, 0.25) is 11.8 Å². The van der Waals surface area contributed by atoms with Gasteiger partial charge in [0.05, 0.1) is 22.7 Å². The molecule has 0 spiro atoms. The lowest BCUT2D eigenvalue weighted by Gasteiger charge is -2.22. The summed E-state index contributed by atoms with van der Waals surface area (Å²) in [5, 5.41) is 5.90. The van der Waals surface area contributed by atoms with Crippen LogP contribution in [0.1, 0.15) is 24.1 Å². The van der Waals surface area contributed by atoms with E-state index < -0.39 is 0 Å². The first-order chi connectivity index (χ1) is 15.8. The van der Waals surface area contributed by atoms with Gasteiger partial charge in [0.25, 0.3) is 0 Å². The fourth-order valence-corrected chi connectivity index (χ4v) is 5.12. The molecular weight excluding hydrogens is 461 g/mol. The van der Waals surface area contributed by atoms with E-state index in [0.29, 0.717) is 34.6 Å². The third-order valence-electron chi connectivity index (χ3n) is 5.30. The van der Waals surface area contributed by atoms with E-state index in [4.69, 9.17) is 4.98 Å². The molecule has 1 aromatic carbocycles. The molecule has 1 N–H and O–H groups in total. The van der Waals surface area contributed by atoms with Crippen LogP contribution in [0.25, 0.3) is 10.6 Å². The van der Waals surface area contributed by atoms with Crippen LogP contribution < -0.4 is 10.2 Å². The summed E-state index contributed by atoms with van der Waals surface area (Å²) < 4.78 is 14.1. The lowest BCUT2D eigenvalue weighted by molar-refractivity contribution is -0.118. The molecule has 2 amide bonds. The number of amides is 2. The lowest BCUT2D eigenvalue weighted by atomic mass is 10.1. The van der Waals surface area contributed by atoms with Crippen molar-refractivity contribution in [2.24, 2.45) is 5.92 Å². The van der Waals surface area contributed by atoms with E-state index in [2.05, 4.69) is 10.3 Å². The number of nitrogens with zero attached hydrogens (tertiary/aromatic N) is 4. The zero-order chi connectivity index (χ0) is 23.5. The number of nitrogens with one attached hydrogen (secondary N) is 1. The Morgan fingerprint density at radius 1 is 1.18 bits per heavy atom. The maximum atomic E-state index is 14.1. The van der Waals surface area contributed by atoms with Crippen LogP contribution in [0.5, 0.6) is 0 Å². The Morgan fingerprint density at radius 2 is 1.94 bits per heavy atom. The minimum absolute atomic E-state index is 0.0165. The van der Waals surface area contributed by atoms with Crippen LogP contribution in [0.2, 0.25) is 0 Å². The number of likely N-dealkylation sites (N-methyl/N-ethyl adjacent to an activating group) is 1. The molecule has 2 heterocycles. The van der Waals surface area contributed by atoms with Crippen LogP contribution in [0.4, 0.5) is 14.7 Å². The Labute approximate surface area is 200 Å². The number of thiazole rings is 2. The Bertz CT molecular complexity index is 1160. The molecule has 1 saturated carbocycles. The summed E-state index contributed by atoms with van der Waals surface area (Å²) >= 11 is 2.75. The van der Waals surface area contributed by atoms with Crippen molar-refractivity contribution in [2.45, 2.75) is 26.2 Å². The molecule has 0 aliphatic heterocycles. The molecule has 7 nitrogen and oxygen atoms in total. The average molecular weight is 488 g/mol. The Hall–Kier alpha value is -2.69. The number of rotatable bonds is 9. The number of benzene rings is 1. The summed E-state index contributed by atoms with van der Waals surface area (Å²) in [5.41, 5.74) is 1.86. The molecule has 2 aromatic heterocycles. The number of hydrogen-bond donors (Lipinski definition) is 1. The van der Waals surface area contributed by atoms with E-state index in [0.717, 1.165) is 23.4 Å². The summed E-state index contributed by atoms with van der Waals surface area (Å²) in [5.74, 6) is -0.474. The summed E-state index contributed by atoms with van der Waals surface area (Å²) in [7, 11) is 3.87. The molecule has 0 bridgehead atoms. The molecular formula is C23H26FN5O2S2. The van der Waals surface area contributed by atoms with Crippen LogP contribution in [-0.4, -0.2) is 53.9 Å². The van der Waals surface area contributed by atoms with Crippen molar-refractivity contribution in [3.63, 3.8) is 0 Å². The zero-order valence-corrected chi connectivity index (χ0v) is 20.4. The van der Waals surface area contributed by atoms with Crippen LogP contribution in [0, 0.1) is 18.7 Å².